The monoisotopic (exact) mass is 536 g/mol. The van der Waals surface area contributed by atoms with E-state index in [1.807, 2.05) is 24.5 Å². The van der Waals surface area contributed by atoms with Crippen LogP contribution in [0.3, 0.4) is 0 Å². The van der Waals surface area contributed by atoms with Crippen LogP contribution in [0.25, 0.3) is 10.9 Å². The van der Waals surface area contributed by atoms with E-state index >= 15 is 0 Å². The molecule has 0 radical (unpaired) electrons. The summed E-state index contributed by atoms with van der Waals surface area (Å²) in [7, 11) is 1.77. The third-order valence-corrected chi connectivity index (χ3v) is 5.59. The number of rotatable bonds is 6. The smallest absolute Gasteiger partial charge is 0.191 e. The lowest BCUT2D eigenvalue weighted by molar-refractivity contribution is 0.573. The lowest BCUT2D eigenvalue weighted by Gasteiger charge is -2.28. The molecular weight excluding hydrogens is 506 g/mol. The number of nitrogens with one attached hydrogen (secondary N) is 3. The van der Waals surface area contributed by atoms with Crippen molar-refractivity contribution < 1.29 is 4.39 Å². The summed E-state index contributed by atoms with van der Waals surface area (Å²) in [4.78, 5) is 14.4. The predicted molar refractivity (Wildman–Crippen MR) is 136 cm³/mol. The highest BCUT2D eigenvalue weighted by Crippen LogP contribution is 2.20. The van der Waals surface area contributed by atoms with Gasteiger partial charge in [0.25, 0.3) is 0 Å². The van der Waals surface area contributed by atoms with Gasteiger partial charge in [-0.15, -0.1) is 24.0 Å². The Balaban J connectivity index is 0.00000272. The zero-order valence-corrected chi connectivity index (χ0v) is 20.2. The maximum Gasteiger partial charge on any atom is 0.191 e. The molecule has 0 saturated carbocycles. The molecule has 0 atom stereocenters. The normalized spacial score (nSPS) is 14.4. The second-order valence-electron chi connectivity index (χ2n) is 7.68. The highest BCUT2D eigenvalue weighted by atomic mass is 127. The van der Waals surface area contributed by atoms with E-state index in [0.29, 0.717) is 6.54 Å². The summed E-state index contributed by atoms with van der Waals surface area (Å²) in [6, 6.07) is 9.06. The Morgan fingerprint density at radius 3 is 2.81 bits per heavy atom. The third-order valence-electron chi connectivity index (χ3n) is 5.59. The van der Waals surface area contributed by atoms with Gasteiger partial charge in [0, 0.05) is 56.5 Å². The molecule has 1 aliphatic rings. The minimum atomic E-state index is -0.224. The molecule has 31 heavy (non-hydrogen) atoms. The number of aromatic amines is 1. The second kappa shape index (κ2) is 11.3. The molecule has 1 saturated heterocycles. The number of halogens is 2. The lowest BCUT2D eigenvalue weighted by Crippen LogP contribution is -2.38. The number of hydrogen-bond acceptors (Lipinski definition) is 3. The van der Waals surface area contributed by atoms with Crippen molar-refractivity contribution in [1.29, 1.82) is 0 Å². The van der Waals surface area contributed by atoms with Crippen LogP contribution in [0, 0.1) is 5.82 Å². The summed E-state index contributed by atoms with van der Waals surface area (Å²) in [5, 5.41) is 7.79. The van der Waals surface area contributed by atoms with Crippen molar-refractivity contribution in [1.82, 2.24) is 20.6 Å². The van der Waals surface area contributed by atoms with E-state index in [1.54, 1.807) is 7.05 Å². The third kappa shape index (κ3) is 6.09. The van der Waals surface area contributed by atoms with Gasteiger partial charge in [-0.3, -0.25) is 4.99 Å². The molecule has 3 aromatic rings. The van der Waals surface area contributed by atoms with Crippen LogP contribution in [0.5, 0.6) is 0 Å². The van der Waals surface area contributed by atoms with E-state index in [1.165, 1.54) is 37.0 Å². The van der Waals surface area contributed by atoms with E-state index in [0.717, 1.165) is 54.3 Å². The molecule has 2 aromatic heterocycles. The molecule has 0 aliphatic carbocycles. The molecule has 166 valence electrons. The van der Waals surface area contributed by atoms with Gasteiger partial charge in [0.15, 0.2) is 5.96 Å². The van der Waals surface area contributed by atoms with Crippen LogP contribution in [0.2, 0.25) is 0 Å². The predicted octanol–water partition coefficient (Wildman–Crippen LogP) is 4.22. The van der Waals surface area contributed by atoms with Crippen molar-refractivity contribution in [3.8, 4) is 0 Å². The molecule has 3 heterocycles. The fourth-order valence-electron chi connectivity index (χ4n) is 3.95. The summed E-state index contributed by atoms with van der Waals surface area (Å²) < 4.78 is 13.3. The van der Waals surface area contributed by atoms with Gasteiger partial charge in [0.2, 0.25) is 0 Å². The van der Waals surface area contributed by atoms with Crippen LogP contribution in [0.1, 0.15) is 30.4 Å². The van der Waals surface area contributed by atoms with E-state index in [2.05, 4.69) is 36.6 Å². The van der Waals surface area contributed by atoms with Crippen molar-refractivity contribution in [2.75, 3.05) is 31.6 Å². The molecule has 0 unspecified atom stereocenters. The average Bonchev–Trinajstić information content (AvgIpc) is 3.18. The molecule has 6 nitrogen and oxygen atoms in total. The fourth-order valence-corrected chi connectivity index (χ4v) is 3.95. The number of guanidine groups is 1. The largest absolute Gasteiger partial charge is 0.361 e. The van der Waals surface area contributed by atoms with Crippen molar-refractivity contribution in [2.45, 2.75) is 32.2 Å². The topological polar surface area (TPSA) is 68.3 Å². The number of anilines is 1. The molecule has 1 aliphatic heterocycles. The van der Waals surface area contributed by atoms with E-state index in [4.69, 9.17) is 0 Å². The number of nitrogens with zero attached hydrogens (tertiary/aromatic N) is 3. The zero-order valence-electron chi connectivity index (χ0n) is 17.8. The van der Waals surface area contributed by atoms with Gasteiger partial charge >= 0.3 is 0 Å². The maximum atomic E-state index is 13.3. The van der Waals surface area contributed by atoms with Gasteiger partial charge in [-0.05, 0) is 67.1 Å². The first-order chi connectivity index (χ1) is 14.7. The van der Waals surface area contributed by atoms with Gasteiger partial charge in [-0.1, -0.05) is 0 Å². The van der Waals surface area contributed by atoms with Crippen LogP contribution >= 0.6 is 24.0 Å². The Kier molecular flexibility index (Phi) is 8.51. The molecular formula is C23H30FIN6. The molecule has 8 heteroatoms. The average molecular weight is 536 g/mol. The molecule has 1 aromatic carbocycles. The standard InChI is InChI=1S/C23H29FN6.HI/c1-25-23(27-10-8-18-16-28-21-14-19(24)5-6-20(18)21)29-15-17-7-9-26-22(13-17)30-11-3-2-4-12-30;/h5-7,9,13-14,16,28H,2-4,8,10-12,15H2,1H3,(H2,25,27,29);1H. The summed E-state index contributed by atoms with van der Waals surface area (Å²) in [5.74, 6) is 1.60. The Morgan fingerprint density at radius 2 is 2.00 bits per heavy atom. The van der Waals surface area contributed by atoms with Gasteiger partial charge in [-0.2, -0.15) is 0 Å². The molecule has 3 N–H and O–H groups in total. The van der Waals surface area contributed by atoms with Gasteiger partial charge in [-0.25, -0.2) is 9.37 Å². The number of benzene rings is 1. The van der Waals surface area contributed by atoms with Crippen molar-refractivity contribution >= 4 is 46.7 Å². The number of aromatic nitrogens is 2. The first-order valence-corrected chi connectivity index (χ1v) is 10.6. The number of aliphatic imine (C=N–C) groups is 1. The maximum absolute atomic E-state index is 13.3. The highest BCUT2D eigenvalue weighted by molar-refractivity contribution is 14.0. The number of H-pyrrole nitrogens is 1. The SMILES string of the molecule is CN=C(NCCc1c[nH]c2cc(F)ccc12)NCc1ccnc(N2CCCCC2)c1.I. The second-order valence-corrected chi connectivity index (χ2v) is 7.68. The summed E-state index contributed by atoms with van der Waals surface area (Å²) in [5.41, 5.74) is 3.18. The minimum Gasteiger partial charge on any atom is -0.361 e. The van der Waals surface area contributed by atoms with Crippen molar-refractivity contribution in [3.63, 3.8) is 0 Å². The highest BCUT2D eigenvalue weighted by Gasteiger charge is 2.12. The summed E-state index contributed by atoms with van der Waals surface area (Å²) in [6.07, 6.45) is 8.45. The Hall–Kier alpha value is -2.36. The Morgan fingerprint density at radius 1 is 1.16 bits per heavy atom. The Bertz CT molecular complexity index is 1010. The quantitative estimate of drug-likeness (QED) is 0.251. The lowest BCUT2D eigenvalue weighted by atomic mass is 10.1. The van der Waals surface area contributed by atoms with Crippen molar-refractivity contribution in [2.24, 2.45) is 4.99 Å². The Labute approximate surface area is 199 Å². The first-order valence-electron chi connectivity index (χ1n) is 10.6. The van der Waals surface area contributed by atoms with E-state index in [-0.39, 0.29) is 29.8 Å². The van der Waals surface area contributed by atoms with Gasteiger partial charge < -0.3 is 20.5 Å². The summed E-state index contributed by atoms with van der Waals surface area (Å²) in [6.45, 7) is 3.61. The van der Waals surface area contributed by atoms with Gasteiger partial charge in [0.1, 0.15) is 11.6 Å². The zero-order chi connectivity index (χ0) is 20.8. The number of pyridine rings is 1. The number of fused-ring (bicyclic) bond motifs is 1. The van der Waals surface area contributed by atoms with Crippen LogP contribution in [0.15, 0.2) is 47.7 Å². The van der Waals surface area contributed by atoms with E-state index in [9.17, 15) is 4.39 Å². The molecule has 1 fully saturated rings. The van der Waals surface area contributed by atoms with Crippen LogP contribution in [-0.4, -0.2) is 42.6 Å². The molecule has 0 spiro atoms. The molecule has 0 bridgehead atoms. The fraction of sp³-hybridized carbons (Fsp3) is 0.391. The number of hydrogen-bond donors (Lipinski definition) is 3. The first kappa shape index (κ1) is 23.3. The van der Waals surface area contributed by atoms with Crippen LogP contribution in [-0.2, 0) is 13.0 Å². The van der Waals surface area contributed by atoms with Crippen molar-refractivity contribution in [3.05, 3.63) is 59.7 Å². The number of piperidine rings is 1. The van der Waals surface area contributed by atoms with Crippen LogP contribution in [0.4, 0.5) is 10.2 Å². The minimum absolute atomic E-state index is 0. The van der Waals surface area contributed by atoms with Crippen LogP contribution < -0.4 is 15.5 Å². The summed E-state index contributed by atoms with van der Waals surface area (Å²) >= 11 is 0. The molecule has 0 amide bonds. The van der Waals surface area contributed by atoms with Gasteiger partial charge in [0.05, 0.1) is 0 Å². The molecule has 4 rings (SSSR count). The van der Waals surface area contributed by atoms with E-state index < -0.39 is 0 Å².